The molecule has 1 aromatic carbocycles. The van der Waals surface area contributed by atoms with Gasteiger partial charge in [-0.3, -0.25) is 0 Å². The van der Waals surface area contributed by atoms with Gasteiger partial charge in [-0.05, 0) is 12.1 Å². The molecule has 16 heavy (non-hydrogen) atoms. The smallest absolute Gasteiger partial charge is 0.137 e. The number of rotatable bonds is 2. The fraction of sp³-hybridized carbons (Fsp3) is 0.0909. The zero-order valence-corrected chi connectivity index (χ0v) is 8.95. The van der Waals surface area contributed by atoms with Gasteiger partial charge < -0.3 is 5.73 Å². The Morgan fingerprint density at radius 1 is 1.06 bits per heavy atom. The summed E-state index contributed by atoms with van der Waals surface area (Å²) in [4.78, 5) is 1.23. The van der Waals surface area contributed by atoms with Gasteiger partial charge >= 0.3 is 0 Å². The van der Waals surface area contributed by atoms with Crippen LogP contribution in [0.4, 0.5) is 13.2 Å². The Morgan fingerprint density at radius 3 is 2.19 bits per heavy atom. The molecule has 5 heteroatoms. The van der Waals surface area contributed by atoms with Crippen molar-refractivity contribution in [1.82, 2.24) is 0 Å². The van der Waals surface area contributed by atoms with Gasteiger partial charge in [-0.25, -0.2) is 13.2 Å². The second-order valence-corrected chi connectivity index (χ2v) is 4.38. The van der Waals surface area contributed by atoms with Crippen molar-refractivity contribution in [3.05, 3.63) is 46.6 Å². The van der Waals surface area contributed by atoms with E-state index in [0.29, 0.717) is 23.6 Å². The zero-order valence-electron chi connectivity index (χ0n) is 8.14. The van der Waals surface area contributed by atoms with Gasteiger partial charge in [-0.2, -0.15) is 0 Å². The summed E-state index contributed by atoms with van der Waals surface area (Å²) in [5.41, 5.74) is 5.20. The second-order valence-electron chi connectivity index (χ2n) is 3.21. The molecule has 2 rings (SSSR count). The summed E-state index contributed by atoms with van der Waals surface area (Å²) in [6.07, 6.45) is 0. The number of thiophene rings is 1. The molecular weight excluding hydrogens is 235 g/mol. The third-order valence-electron chi connectivity index (χ3n) is 2.12. The van der Waals surface area contributed by atoms with Crippen LogP contribution in [-0.2, 0) is 6.54 Å². The summed E-state index contributed by atoms with van der Waals surface area (Å²) < 4.78 is 39.5. The summed E-state index contributed by atoms with van der Waals surface area (Å²) in [7, 11) is 0. The fourth-order valence-corrected chi connectivity index (χ4v) is 2.33. The number of hydrogen-bond donors (Lipinski definition) is 1. The van der Waals surface area contributed by atoms with Gasteiger partial charge in [0, 0.05) is 28.4 Å². The van der Waals surface area contributed by atoms with Crippen molar-refractivity contribution in [2.24, 2.45) is 5.73 Å². The lowest BCUT2D eigenvalue weighted by Gasteiger charge is -2.02. The van der Waals surface area contributed by atoms with E-state index in [1.165, 1.54) is 11.3 Å². The first kappa shape index (κ1) is 11.2. The van der Waals surface area contributed by atoms with E-state index in [9.17, 15) is 13.2 Å². The Hall–Kier alpha value is -1.33. The summed E-state index contributed by atoms with van der Waals surface area (Å²) in [6.45, 7) is 0.315. The third-order valence-corrected chi connectivity index (χ3v) is 3.24. The van der Waals surface area contributed by atoms with E-state index in [1.807, 2.05) is 0 Å². The van der Waals surface area contributed by atoms with Gasteiger partial charge in [0.05, 0.1) is 5.56 Å². The minimum absolute atomic E-state index is 0.203. The van der Waals surface area contributed by atoms with Crippen LogP contribution in [0.2, 0.25) is 0 Å². The van der Waals surface area contributed by atoms with Crippen LogP contribution in [0.25, 0.3) is 10.4 Å². The number of halogens is 3. The van der Waals surface area contributed by atoms with Crippen LogP contribution in [0.5, 0.6) is 0 Å². The van der Waals surface area contributed by atoms with E-state index >= 15 is 0 Å². The molecule has 0 saturated carbocycles. The van der Waals surface area contributed by atoms with Gasteiger partial charge in [0.15, 0.2) is 0 Å². The molecule has 84 valence electrons. The molecular formula is C11H8F3NS. The highest BCUT2D eigenvalue weighted by Crippen LogP contribution is 2.32. The lowest BCUT2D eigenvalue weighted by molar-refractivity contribution is 0.548. The number of nitrogens with two attached hydrogens (primary N) is 1. The molecule has 2 aromatic rings. The zero-order chi connectivity index (χ0) is 11.7. The largest absolute Gasteiger partial charge is 0.326 e. The molecule has 2 N–H and O–H groups in total. The lowest BCUT2D eigenvalue weighted by atomic mass is 10.1. The van der Waals surface area contributed by atoms with Gasteiger partial charge in [0.1, 0.15) is 17.5 Å². The second kappa shape index (κ2) is 4.27. The summed E-state index contributed by atoms with van der Waals surface area (Å²) in [5, 5.41) is 0. The quantitative estimate of drug-likeness (QED) is 0.860. The van der Waals surface area contributed by atoms with Crippen molar-refractivity contribution in [2.75, 3.05) is 0 Å². The average Bonchev–Trinajstić information content (AvgIpc) is 2.64. The van der Waals surface area contributed by atoms with Gasteiger partial charge in [0.2, 0.25) is 0 Å². The minimum atomic E-state index is -0.922. The highest BCUT2D eigenvalue weighted by molar-refractivity contribution is 7.15. The van der Waals surface area contributed by atoms with Crippen LogP contribution in [0.15, 0.2) is 24.3 Å². The molecule has 0 unspecified atom stereocenters. The third kappa shape index (κ3) is 1.96. The van der Waals surface area contributed by atoms with E-state index in [-0.39, 0.29) is 5.56 Å². The fourth-order valence-electron chi connectivity index (χ4n) is 1.40. The summed E-state index contributed by atoms with van der Waals surface area (Å²) in [6, 6.07) is 4.61. The van der Waals surface area contributed by atoms with E-state index < -0.39 is 17.5 Å². The Labute approximate surface area is 94.3 Å². The van der Waals surface area contributed by atoms with Crippen LogP contribution in [0.1, 0.15) is 4.88 Å². The van der Waals surface area contributed by atoms with Crippen molar-refractivity contribution in [2.45, 2.75) is 6.54 Å². The topological polar surface area (TPSA) is 26.0 Å². The highest BCUT2D eigenvalue weighted by Gasteiger charge is 2.15. The van der Waals surface area contributed by atoms with Crippen molar-refractivity contribution in [3.8, 4) is 10.4 Å². The van der Waals surface area contributed by atoms with Crippen molar-refractivity contribution < 1.29 is 13.2 Å². The Balaban J connectivity index is 2.55. The molecule has 0 aliphatic rings. The van der Waals surface area contributed by atoms with E-state index in [1.54, 1.807) is 12.1 Å². The predicted molar refractivity (Wildman–Crippen MR) is 57.5 cm³/mol. The summed E-state index contributed by atoms with van der Waals surface area (Å²) >= 11 is 1.19. The molecule has 0 spiro atoms. The molecule has 0 atom stereocenters. The Bertz CT molecular complexity index is 499. The van der Waals surface area contributed by atoms with Crippen molar-refractivity contribution in [1.29, 1.82) is 0 Å². The molecule has 1 aromatic heterocycles. The van der Waals surface area contributed by atoms with E-state index in [4.69, 9.17) is 5.73 Å². The first-order valence-corrected chi connectivity index (χ1v) is 5.37. The Kier molecular flexibility index (Phi) is 2.98. The van der Waals surface area contributed by atoms with E-state index in [2.05, 4.69) is 0 Å². The normalized spacial score (nSPS) is 10.8. The van der Waals surface area contributed by atoms with Gasteiger partial charge in [0.25, 0.3) is 0 Å². The molecule has 1 nitrogen and oxygen atoms in total. The van der Waals surface area contributed by atoms with Gasteiger partial charge in [-0.15, -0.1) is 11.3 Å². The van der Waals surface area contributed by atoms with Crippen molar-refractivity contribution >= 4 is 11.3 Å². The maximum Gasteiger partial charge on any atom is 0.137 e. The maximum absolute atomic E-state index is 13.4. The molecule has 0 saturated heterocycles. The Morgan fingerprint density at radius 2 is 1.69 bits per heavy atom. The SMILES string of the molecule is NCc1ccc(-c2c(F)cc(F)cc2F)s1. The molecule has 0 radical (unpaired) electrons. The predicted octanol–water partition coefficient (Wildman–Crippen LogP) is 3.29. The monoisotopic (exact) mass is 243 g/mol. The average molecular weight is 243 g/mol. The number of benzene rings is 1. The molecule has 0 fully saturated rings. The lowest BCUT2D eigenvalue weighted by Crippen LogP contribution is -1.91. The standard InChI is InChI=1S/C11H8F3NS/c12-6-3-8(13)11(9(14)4-6)10-2-1-7(5-15)16-10/h1-4H,5,15H2. The van der Waals surface area contributed by atoms with Gasteiger partial charge in [-0.1, -0.05) is 0 Å². The minimum Gasteiger partial charge on any atom is -0.326 e. The summed E-state index contributed by atoms with van der Waals surface area (Å²) in [5.74, 6) is -2.72. The van der Waals surface area contributed by atoms with Crippen LogP contribution in [-0.4, -0.2) is 0 Å². The van der Waals surface area contributed by atoms with Crippen molar-refractivity contribution in [3.63, 3.8) is 0 Å². The molecule has 0 bridgehead atoms. The molecule has 0 aliphatic heterocycles. The number of hydrogen-bond acceptors (Lipinski definition) is 2. The van der Waals surface area contributed by atoms with E-state index in [0.717, 1.165) is 4.88 Å². The van der Waals surface area contributed by atoms with Crippen LogP contribution in [0, 0.1) is 17.5 Å². The first-order chi connectivity index (χ1) is 7.61. The maximum atomic E-state index is 13.4. The van der Waals surface area contributed by atoms with Crippen LogP contribution >= 0.6 is 11.3 Å². The van der Waals surface area contributed by atoms with Crippen LogP contribution in [0.3, 0.4) is 0 Å². The molecule has 0 aliphatic carbocycles. The first-order valence-electron chi connectivity index (χ1n) is 4.55. The molecule has 1 heterocycles. The highest BCUT2D eigenvalue weighted by atomic mass is 32.1. The molecule has 0 amide bonds. The van der Waals surface area contributed by atoms with Crippen LogP contribution < -0.4 is 5.73 Å².